The first-order chi connectivity index (χ1) is 14.9. The monoisotopic (exact) mass is 425 g/mol. The third-order valence-electron chi connectivity index (χ3n) is 6.38. The van der Waals surface area contributed by atoms with Crippen LogP contribution in [0.4, 0.5) is 16.0 Å². The van der Waals surface area contributed by atoms with Gasteiger partial charge in [-0.15, -0.1) is 0 Å². The molecule has 31 heavy (non-hydrogen) atoms. The number of anilines is 2. The van der Waals surface area contributed by atoms with Crippen LogP contribution in [0.1, 0.15) is 20.3 Å². The minimum atomic E-state index is -0.928. The summed E-state index contributed by atoms with van der Waals surface area (Å²) in [4.78, 5) is 16.0. The van der Waals surface area contributed by atoms with Gasteiger partial charge in [-0.2, -0.15) is 0 Å². The molecule has 0 spiro atoms. The molecule has 0 radical (unpaired) electrons. The van der Waals surface area contributed by atoms with Crippen molar-refractivity contribution in [3.63, 3.8) is 0 Å². The molecule has 2 aliphatic rings. The number of aliphatic hydroxyl groups is 1. The molecular weight excluding hydrogens is 397 g/mol. The molecule has 1 unspecified atom stereocenters. The van der Waals surface area contributed by atoms with Crippen molar-refractivity contribution in [3.8, 4) is 11.4 Å². The third-order valence-corrected chi connectivity index (χ3v) is 6.38. The Morgan fingerprint density at radius 2 is 2.10 bits per heavy atom. The summed E-state index contributed by atoms with van der Waals surface area (Å²) >= 11 is 0. The maximum atomic E-state index is 14.0. The summed E-state index contributed by atoms with van der Waals surface area (Å²) in [6.45, 7) is 6.30. The predicted octanol–water partition coefficient (Wildman–Crippen LogP) is 2.11. The fourth-order valence-electron chi connectivity index (χ4n) is 4.41. The molecule has 2 aliphatic heterocycles. The number of pyridine rings is 1. The molecular formula is C22H28FN7O. The molecule has 0 saturated carbocycles. The Morgan fingerprint density at radius 1 is 1.23 bits per heavy atom. The Labute approximate surface area is 180 Å². The third kappa shape index (κ3) is 3.95. The fraction of sp³-hybridized carbons (Fsp3) is 0.500. The van der Waals surface area contributed by atoms with Crippen molar-refractivity contribution in [1.29, 1.82) is 0 Å². The Hall–Kier alpha value is -2.78. The average Bonchev–Trinajstić information content (AvgIpc) is 3.47. The van der Waals surface area contributed by atoms with E-state index >= 15 is 0 Å². The summed E-state index contributed by atoms with van der Waals surface area (Å²) in [6, 6.07) is 5.41. The molecule has 2 saturated heterocycles. The van der Waals surface area contributed by atoms with Gasteiger partial charge in [-0.05, 0) is 32.4 Å². The Bertz CT molecular complexity index is 1080. The molecule has 9 heteroatoms. The Balaban J connectivity index is 1.42. The lowest BCUT2D eigenvalue weighted by Gasteiger charge is -2.25. The summed E-state index contributed by atoms with van der Waals surface area (Å²) in [5.74, 6) is 1.71. The number of alkyl halides is 1. The largest absolute Gasteiger partial charge is 0.390 e. The zero-order valence-corrected chi connectivity index (χ0v) is 17.8. The quantitative estimate of drug-likeness (QED) is 0.577. The highest BCUT2D eigenvalue weighted by atomic mass is 19.1. The number of aromatic nitrogens is 4. The van der Waals surface area contributed by atoms with Crippen LogP contribution in [-0.4, -0.2) is 68.5 Å². The summed E-state index contributed by atoms with van der Waals surface area (Å²) < 4.78 is 15.9. The maximum Gasteiger partial charge on any atom is 0.155 e. The van der Waals surface area contributed by atoms with E-state index in [9.17, 15) is 9.50 Å². The van der Waals surface area contributed by atoms with E-state index < -0.39 is 11.8 Å². The number of halogens is 1. The van der Waals surface area contributed by atoms with Gasteiger partial charge in [0.1, 0.15) is 17.8 Å². The number of imidazole rings is 1. The number of nitrogens with one attached hydrogen (secondary N) is 2. The summed E-state index contributed by atoms with van der Waals surface area (Å²) in [5, 5.41) is 16.6. The number of nitrogens with zero attached hydrogens (tertiary/aromatic N) is 5. The highest BCUT2D eigenvalue weighted by molar-refractivity contribution is 5.63. The van der Waals surface area contributed by atoms with Gasteiger partial charge in [-0.3, -0.25) is 4.40 Å². The zero-order chi connectivity index (χ0) is 21.6. The summed E-state index contributed by atoms with van der Waals surface area (Å²) in [6.07, 6.45) is 5.52. The Morgan fingerprint density at radius 3 is 2.84 bits per heavy atom. The molecule has 8 nitrogen and oxygen atoms in total. The second-order valence-corrected chi connectivity index (χ2v) is 9.04. The van der Waals surface area contributed by atoms with Crippen LogP contribution in [0.25, 0.3) is 17.0 Å². The molecule has 2 fully saturated rings. The van der Waals surface area contributed by atoms with Crippen LogP contribution >= 0.6 is 0 Å². The first kappa shape index (κ1) is 20.1. The van der Waals surface area contributed by atoms with E-state index in [0.29, 0.717) is 18.9 Å². The minimum Gasteiger partial charge on any atom is -0.390 e. The molecule has 3 aromatic heterocycles. The van der Waals surface area contributed by atoms with Crippen LogP contribution in [-0.2, 0) is 0 Å². The molecule has 5 heterocycles. The van der Waals surface area contributed by atoms with E-state index in [1.54, 1.807) is 12.4 Å². The molecule has 0 aromatic carbocycles. The average molecular weight is 426 g/mol. The molecule has 0 aliphatic carbocycles. The Kier molecular flexibility index (Phi) is 5.02. The molecule has 164 valence electrons. The lowest BCUT2D eigenvalue weighted by Crippen LogP contribution is -2.33. The highest BCUT2D eigenvalue weighted by Crippen LogP contribution is 2.30. The van der Waals surface area contributed by atoms with Crippen LogP contribution in [0.2, 0.25) is 0 Å². The van der Waals surface area contributed by atoms with Crippen molar-refractivity contribution in [2.24, 2.45) is 5.92 Å². The minimum absolute atomic E-state index is 0.209. The van der Waals surface area contributed by atoms with Crippen LogP contribution in [0, 0.1) is 5.92 Å². The van der Waals surface area contributed by atoms with E-state index in [1.807, 2.05) is 42.6 Å². The van der Waals surface area contributed by atoms with Crippen molar-refractivity contribution in [2.45, 2.75) is 38.1 Å². The van der Waals surface area contributed by atoms with E-state index in [2.05, 4.69) is 25.5 Å². The lowest BCUT2D eigenvalue weighted by molar-refractivity contribution is 0.0263. The van der Waals surface area contributed by atoms with E-state index in [-0.39, 0.29) is 12.0 Å². The van der Waals surface area contributed by atoms with E-state index in [1.165, 1.54) is 0 Å². The second-order valence-electron chi connectivity index (χ2n) is 9.04. The molecule has 3 aromatic rings. The fourth-order valence-corrected chi connectivity index (χ4v) is 4.41. The predicted molar refractivity (Wildman–Crippen MR) is 118 cm³/mol. The maximum absolute atomic E-state index is 14.0. The topological polar surface area (TPSA) is 90.6 Å². The first-order valence-corrected chi connectivity index (χ1v) is 10.8. The lowest BCUT2D eigenvalue weighted by atomic mass is 9.90. The first-order valence-electron chi connectivity index (χ1n) is 10.8. The van der Waals surface area contributed by atoms with Crippen molar-refractivity contribution in [1.82, 2.24) is 24.7 Å². The number of fused-ring (bicyclic) bond motifs is 1. The van der Waals surface area contributed by atoms with Gasteiger partial charge in [-0.1, -0.05) is 6.07 Å². The summed E-state index contributed by atoms with van der Waals surface area (Å²) in [7, 11) is 0. The number of hydrogen-bond acceptors (Lipinski definition) is 7. The van der Waals surface area contributed by atoms with Gasteiger partial charge in [0.05, 0.1) is 41.6 Å². The van der Waals surface area contributed by atoms with Crippen LogP contribution in [0.3, 0.4) is 0 Å². The SMILES string of the molecule is CC(C)(O)C1CCN(c2cn3c(-c4cccc(N[C@H]5CNC[C@@H]5F)n4)cnc3cn2)C1. The second kappa shape index (κ2) is 7.72. The van der Waals surface area contributed by atoms with Crippen molar-refractivity contribution in [2.75, 3.05) is 36.4 Å². The smallest absolute Gasteiger partial charge is 0.155 e. The molecule has 3 N–H and O–H groups in total. The van der Waals surface area contributed by atoms with Crippen molar-refractivity contribution >= 4 is 17.3 Å². The normalized spacial score (nSPS) is 24.3. The van der Waals surface area contributed by atoms with Gasteiger partial charge in [0.2, 0.25) is 0 Å². The van der Waals surface area contributed by atoms with Crippen LogP contribution in [0.15, 0.2) is 36.8 Å². The molecule has 0 amide bonds. The van der Waals surface area contributed by atoms with Gasteiger partial charge in [0.15, 0.2) is 5.65 Å². The van der Waals surface area contributed by atoms with E-state index in [0.717, 1.165) is 42.4 Å². The van der Waals surface area contributed by atoms with Gasteiger partial charge in [-0.25, -0.2) is 19.3 Å². The highest BCUT2D eigenvalue weighted by Gasteiger charge is 2.34. The van der Waals surface area contributed by atoms with Gasteiger partial charge in [0, 0.05) is 32.1 Å². The van der Waals surface area contributed by atoms with Gasteiger partial charge in [0.25, 0.3) is 0 Å². The van der Waals surface area contributed by atoms with E-state index in [4.69, 9.17) is 4.98 Å². The number of rotatable bonds is 5. The van der Waals surface area contributed by atoms with Crippen LogP contribution in [0.5, 0.6) is 0 Å². The van der Waals surface area contributed by atoms with Crippen molar-refractivity contribution < 1.29 is 9.50 Å². The van der Waals surface area contributed by atoms with Crippen LogP contribution < -0.4 is 15.5 Å². The zero-order valence-electron chi connectivity index (χ0n) is 17.8. The standard InChI is InChI=1S/C22H28FN7O/c1-22(2,31)14-6-7-29(12-14)21-13-30-18(10-25-20(30)11-26-21)16-4-3-5-19(27-16)28-17-9-24-8-15(17)23/h3-5,10-11,13-15,17,24,31H,6-9,12H2,1-2H3,(H,27,28)/t14?,15-,17-/m0/s1. The van der Waals surface area contributed by atoms with Gasteiger partial charge < -0.3 is 20.6 Å². The molecule has 5 rings (SSSR count). The number of hydrogen-bond donors (Lipinski definition) is 3. The molecule has 0 bridgehead atoms. The molecule has 3 atom stereocenters. The summed E-state index contributed by atoms with van der Waals surface area (Å²) in [5.41, 5.74) is 1.64. The van der Waals surface area contributed by atoms with Crippen molar-refractivity contribution in [3.05, 3.63) is 36.8 Å². The van der Waals surface area contributed by atoms with Gasteiger partial charge >= 0.3 is 0 Å².